The maximum atomic E-state index is 12.2. The quantitative estimate of drug-likeness (QED) is 0.360. The van der Waals surface area contributed by atoms with Crippen LogP contribution in [0.15, 0.2) is 4.99 Å². The van der Waals surface area contributed by atoms with Crippen LogP contribution in [0.25, 0.3) is 0 Å². The number of nitrogens with zero attached hydrogens (tertiary/aromatic N) is 2. The van der Waals surface area contributed by atoms with Crippen LogP contribution in [0.2, 0.25) is 0 Å². The van der Waals surface area contributed by atoms with Crippen molar-refractivity contribution in [3.63, 3.8) is 0 Å². The van der Waals surface area contributed by atoms with Gasteiger partial charge in [-0.25, -0.2) is 0 Å². The number of guanidine groups is 1. The number of rotatable bonds is 4. The Hall–Kier alpha value is -0.570. The molecule has 7 heteroatoms. The molecule has 156 valence electrons. The third kappa shape index (κ3) is 4.71. The molecule has 27 heavy (non-hydrogen) atoms. The fraction of sp³-hybridized carbons (Fsp3) is 0.900. The Labute approximate surface area is 181 Å². The van der Waals surface area contributed by atoms with Gasteiger partial charge in [0, 0.05) is 55.6 Å². The van der Waals surface area contributed by atoms with Gasteiger partial charge in [0.2, 0.25) is 5.91 Å². The Bertz CT molecular complexity index is 544. The smallest absolute Gasteiger partial charge is 0.225 e. The van der Waals surface area contributed by atoms with Crippen molar-refractivity contribution < 1.29 is 9.53 Å². The van der Waals surface area contributed by atoms with Gasteiger partial charge in [-0.2, -0.15) is 0 Å². The molecule has 1 aliphatic carbocycles. The van der Waals surface area contributed by atoms with Gasteiger partial charge in [-0.3, -0.25) is 9.79 Å². The molecule has 0 spiro atoms. The van der Waals surface area contributed by atoms with Crippen LogP contribution in [0.1, 0.15) is 53.9 Å². The largest absolute Gasteiger partial charge is 0.377 e. The summed E-state index contributed by atoms with van der Waals surface area (Å²) in [5.41, 5.74) is 0.143. The summed E-state index contributed by atoms with van der Waals surface area (Å²) < 4.78 is 5.90. The number of carbonyl (C=O) groups is 1. The second-order valence-corrected chi connectivity index (χ2v) is 8.91. The topological polar surface area (TPSA) is 66.0 Å². The number of hydrogen-bond donors (Lipinski definition) is 2. The molecule has 2 heterocycles. The lowest BCUT2D eigenvalue weighted by Gasteiger charge is -2.55. The zero-order chi connectivity index (χ0) is 18.9. The Morgan fingerprint density at radius 2 is 1.89 bits per heavy atom. The lowest BCUT2D eigenvalue weighted by Crippen LogP contribution is -2.68. The third-order valence-electron chi connectivity index (χ3n) is 6.35. The monoisotopic (exact) mass is 492 g/mol. The summed E-state index contributed by atoms with van der Waals surface area (Å²) in [6, 6.07) is 0.790. The van der Waals surface area contributed by atoms with Crippen molar-refractivity contribution in [2.24, 2.45) is 22.2 Å². The molecule has 0 bridgehead atoms. The first kappa shape index (κ1) is 22.7. The van der Waals surface area contributed by atoms with Gasteiger partial charge in [-0.15, -0.1) is 24.0 Å². The van der Waals surface area contributed by atoms with E-state index in [2.05, 4.69) is 36.4 Å². The van der Waals surface area contributed by atoms with E-state index in [9.17, 15) is 4.79 Å². The highest BCUT2D eigenvalue weighted by atomic mass is 127. The number of fused-ring (bicyclic) bond motifs is 1. The van der Waals surface area contributed by atoms with E-state index in [1.54, 1.807) is 0 Å². The molecule has 3 rings (SSSR count). The summed E-state index contributed by atoms with van der Waals surface area (Å²) in [4.78, 5) is 18.8. The van der Waals surface area contributed by atoms with Crippen LogP contribution < -0.4 is 10.6 Å². The highest BCUT2D eigenvalue weighted by molar-refractivity contribution is 14.0. The minimum absolute atomic E-state index is 0. The molecule has 3 atom stereocenters. The van der Waals surface area contributed by atoms with E-state index < -0.39 is 0 Å². The van der Waals surface area contributed by atoms with E-state index in [0.29, 0.717) is 24.1 Å². The Morgan fingerprint density at radius 1 is 1.22 bits per heavy atom. The lowest BCUT2D eigenvalue weighted by atomic mass is 9.57. The first-order chi connectivity index (χ1) is 12.3. The fourth-order valence-electron chi connectivity index (χ4n) is 4.86. The van der Waals surface area contributed by atoms with Crippen LogP contribution in [-0.4, -0.2) is 61.2 Å². The van der Waals surface area contributed by atoms with E-state index >= 15 is 0 Å². The van der Waals surface area contributed by atoms with Gasteiger partial charge >= 0.3 is 0 Å². The SMILES string of the molecule is CCN=C(NC1CCN(C(=O)C(C)C)CC1)NC1C2CCOC2C1(C)C.I. The number of halogens is 1. The summed E-state index contributed by atoms with van der Waals surface area (Å²) in [7, 11) is 0. The molecule has 0 aromatic heterocycles. The number of nitrogens with one attached hydrogen (secondary N) is 2. The normalized spacial score (nSPS) is 30.4. The second kappa shape index (κ2) is 9.29. The predicted molar refractivity (Wildman–Crippen MR) is 120 cm³/mol. The molecule has 3 unspecified atom stereocenters. The van der Waals surface area contributed by atoms with E-state index in [1.165, 1.54) is 0 Å². The van der Waals surface area contributed by atoms with Gasteiger partial charge in [0.05, 0.1) is 6.10 Å². The molecular weight excluding hydrogens is 455 g/mol. The van der Waals surface area contributed by atoms with Crippen molar-refractivity contribution >= 4 is 35.8 Å². The molecule has 0 aromatic carbocycles. The van der Waals surface area contributed by atoms with Gasteiger partial charge in [0.1, 0.15) is 0 Å². The molecule has 2 N–H and O–H groups in total. The Balaban J connectivity index is 0.00000261. The van der Waals surface area contributed by atoms with E-state index in [4.69, 9.17) is 4.74 Å². The number of hydrogen-bond acceptors (Lipinski definition) is 3. The van der Waals surface area contributed by atoms with Crippen LogP contribution in [0.5, 0.6) is 0 Å². The highest BCUT2D eigenvalue weighted by Crippen LogP contribution is 2.52. The first-order valence-electron chi connectivity index (χ1n) is 10.3. The van der Waals surface area contributed by atoms with E-state index in [1.807, 2.05) is 18.7 Å². The molecule has 1 saturated carbocycles. The number of carbonyl (C=O) groups excluding carboxylic acids is 1. The summed E-state index contributed by atoms with van der Waals surface area (Å²) in [5.74, 6) is 1.87. The van der Waals surface area contributed by atoms with Gasteiger partial charge in [-0.1, -0.05) is 27.7 Å². The summed E-state index contributed by atoms with van der Waals surface area (Å²) in [6.45, 7) is 13.9. The number of aliphatic imine (C=N–C) groups is 1. The first-order valence-corrected chi connectivity index (χ1v) is 10.3. The minimum Gasteiger partial charge on any atom is -0.377 e. The van der Waals surface area contributed by atoms with Gasteiger partial charge in [0.25, 0.3) is 0 Å². The minimum atomic E-state index is 0. The van der Waals surface area contributed by atoms with Crippen molar-refractivity contribution in [1.82, 2.24) is 15.5 Å². The molecule has 3 fully saturated rings. The van der Waals surface area contributed by atoms with Crippen molar-refractivity contribution in [2.45, 2.75) is 72.1 Å². The average molecular weight is 492 g/mol. The summed E-state index contributed by atoms with van der Waals surface area (Å²) in [6.07, 6.45) is 3.48. The number of ether oxygens (including phenoxy) is 1. The Kier molecular flexibility index (Phi) is 7.81. The van der Waals surface area contributed by atoms with Crippen LogP contribution in [0.3, 0.4) is 0 Å². The van der Waals surface area contributed by atoms with Gasteiger partial charge in [-0.05, 0) is 26.2 Å². The summed E-state index contributed by atoms with van der Waals surface area (Å²) >= 11 is 0. The molecule has 1 amide bonds. The predicted octanol–water partition coefficient (Wildman–Crippen LogP) is 2.62. The van der Waals surface area contributed by atoms with E-state index in [-0.39, 0.29) is 41.2 Å². The van der Waals surface area contributed by atoms with Crippen LogP contribution in [-0.2, 0) is 9.53 Å². The van der Waals surface area contributed by atoms with Gasteiger partial charge in [0.15, 0.2) is 5.96 Å². The van der Waals surface area contributed by atoms with Crippen molar-refractivity contribution in [1.29, 1.82) is 0 Å². The standard InChI is InChI=1S/C20H36N4O2.HI/c1-6-21-19(23-16-15-9-12-26-17(15)20(16,4)5)22-14-7-10-24(11-8-14)18(25)13(2)3;/h13-17H,6-12H2,1-5H3,(H2,21,22,23);1H. The second-order valence-electron chi connectivity index (χ2n) is 8.91. The summed E-state index contributed by atoms with van der Waals surface area (Å²) in [5, 5.41) is 7.32. The number of amides is 1. The van der Waals surface area contributed by atoms with Crippen LogP contribution in [0, 0.1) is 17.3 Å². The van der Waals surface area contributed by atoms with Crippen LogP contribution in [0.4, 0.5) is 0 Å². The van der Waals surface area contributed by atoms with Crippen molar-refractivity contribution in [2.75, 3.05) is 26.2 Å². The van der Waals surface area contributed by atoms with Crippen molar-refractivity contribution in [3.05, 3.63) is 0 Å². The third-order valence-corrected chi connectivity index (χ3v) is 6.35. The molecule has 2 aliphatic heterocycles. The lowest BCUT2D eigenvalue weighted by molar-refractivity contribution is -0.135. The Morgan fingerprint density at radius 3 is 2.48 bits per heavy atom. The van der Waals surface area contributed by atoms with Gasteiger partial charge < -0.3 is 20.3 Å². The van der Waals surface area contributed by atoms with Crippen LogP contribution >= 0.6 is 24.0 Å². The zero-order valence-electron chi connectivity index (χ0n) is 17.5. The average Bonchev–Trinajstić information content (AvgIpc) is 3.07. The highest BCUT2D eigenvalue weighted by Gasteiger charge is 2.59. The molecule has 2 saturated heterocycles. The molecule has 6 nitrogen and oxygen atoms in total. The maximum absolute atomic E-state index is 12.2. The molecule has 3 aliphatic rings. The fourth-order valence-corrected chi connectivity index (χ4v) is 4.86. The molecule has 0 radical (unpaired) electrons. The number of likely N-dealkylation sites (tertiary alicyclic amines) is 1. The number of piperidine rings is 1. The molecule has 0 aromatic rings. The molecular formula is C20H37IN4O2. The van der Waals surface area contributed by atoms with E-state index in [0.717, 1.165) is 51.5 Å². The zero-order valence-corrected chi connectivity index (χ0v) is 19.8. The maximum Gasteiger partial charge on any atom is 0.225 e. The van der Waals surface area contributed by atoms with Crippen molar-refractivity contribution in [3.8, 4) is 0 Å².